The molecule has 5 heteroatoms. The zero-order valence-electron chi connectivity index (χ0n) is 7.44. The minimum atomic E-state index is -1.62. The molecule has 0 unspecified atom stereocenters. The molecule has 0 radical (unpaired) electrons. The third-order valence-corrected chi connectivity index (χ3v) is 1.77. The lowest BCUT2D eigenvalue weighted by Gasteiger charge is -2.11. The number of nitrogens with zero attached hydrogens (tertiary/aromatic N) is 1. The van der Waals surface area contributed by atoms with Crippen LogP contribution in [-0.4, -0.2) is 16.9 Å². The summed E-state index contributed by atoms with van der Waals surface area (Å²) in [6, 6.07) is 1.23. The lowest BCUT2D eigenvalue weighted by Crippen LogP contribution is -2.31. The normalized spacial score (nSPS) is 9.79. The van der Waals surface area contributed by atoms with Crippen LogP contribution in [0.15, 0.2) is 12.3 Å². The molecule has 74 valence electrons. The molecule has 0 aliphatic carbocycles. The molecule has 1 aromatic rings. The number of hydrogen-bond donors (Lipinski definition) is 0. The van der Waals surface area contributed by atoms with Crippen LogP contribution >= 0.6 is 0 Å². The van der Waals surface area contributed by atoms with Crippen LogP contribution in [0.4, 0.5) is 0 Å². The molecule has 14 heavy (non-hydrogen) atoms. The van der Waals surface area contributed by atoms with E-state index in [0.29, 0.717) is 12.0 Å². The van der Waals surface area contributed by atoms with Gasteiger partial charge in [-0.1, -0.05) is 6.92 Å². The van der Waals surface area contributed by atoms with Gasteiger partial charge in [-0.3, -0.25) is 4.98 Å². The van der Waals surface area contributed by atoms with Gasteiger partial charge in [-0.15, -0.1) is 0 Å². The molecule has 5 nitrogen and oxygen atoms in total. The molecule has 0 saturated carbocycles. The predicted octanol–water partition coefficient (Wildman–Crippen LogP) is -1.63. The third kappa shape index (κ3) is 1.87. The zero-order chi connectivity index (χ0) is 10.7. The largest absolute Gasteiger partial charge is 0.545 e. The van der Waals surface area contributed by atoms with Crippen molar-refractivity contribution in [3.8, 4) is 0 Å². The number of hydrogen-bond acceptors (Lipinski definition) is 5. The zero-order valence-corrected chi connectivity index (χ0v) is 7.44. The molecule has 0 aliphatic heterocycles. The predicted molar refractivity (Wildman–Crippen MR) is 42.3 cm³/mol. The maximum atomic E-state index is 10.6. The second kappa shape index (κ2) is 3.87. The number of rotatable bonds is 3. The summed E-state index contributed by atoms with van der Waals surface area (Å²) in [6.45, 7) is 1.80. The summed E-state index contributed by atoms with van der Waals surface area (Å²) in [5, 5.41) is 21.0. The number of carbonyl (C=O) groups is 2. The van der Waals surface area contributed by atoms with E-state index in [1.807, 2.05) is 0 Å². The van der Waals surface area contributed by atoms with Crippen molar-refractivity contribution in [2.45, 2.75) is 13.3 Å². The maximum absolute atomic E-state index is 10.6. The number of carboxylic acid groups (broad SMARTS) is 2. The second-order valence-electron chi connectivity index (χ2n) is 2.67. The van der Waals surface area contributed by atoms with Gasteiger partial charge in [0, 0.05) is 11.8 Å². The Labute approximate surface area is 80.0 Å². The highest BCUT2D eigenvalue weighted by atomic mass is 16.4. The highest BCUT2D eigenvalue weighted by molar-refractivity contribution is 5.98. The van der Waals surface area contributed by atoms with E-state index in [0.717, 1.165) is 0 Å². The monoisotopic (exact) mass is 193 g/mol. The fraction of sp³-hybridized carbons (Fsp3) is 0.222. The molecule has 0 atom stereocenters. The van der Waals surface area contributed by atoms with E-state index in [1.54, 1.807) is 6.92 Å². The Morgan fingerprint density at radius 2 is 2.00 bits per heavy atom. The Balaban J connectivity index is 3.31. The Morgan fingerprint density at radius 3 is 2.43 bits per heavy atom. The number of carbonyl (C=O) groups excluding carboxylic acids is 2. The summed E-state index contributed by atoms with van der Waals surface area (Å²) in [7, 11) is 0. The molecule has 1 aromatic heterocycles. The van der Waals surface area contributed by atoms with Crippen LogP contribution in [0.2, 0.25) is 0 Å². The first-order valence-electron chi connectivity index (χ1n) is 3.97. The van der Waals surface area contributed by atoms with Crippen molar-refractivity contribution in [3.63, 3.8) is 0 Å². The Bertz CT molecular complexity index is 386. The van der Waals surface area contributed by atoms with Gasteiger partial charge in [0.1, 0.15) is 0 Å². The van der Waals surface area contributed by atoms with Crippen LogP contribution < -0.4 is 10.2 Å². The molecule has 1 heterocycles. The topological polar surface area (TPSA) is 93.2 Å². The summed E-state index contributed by atoms with van der Waals surface area (Å²) in [5.41, 5.74) is -0.402. The van der Waals surface area contributed by atoms with Crippen LogP contribution in [-0.2, 0) is 6.42 Å². The van der Waals surface area contributed by atoms with Gasteiger partial charge in [0.25, 0.3) is 0 Å². The van der Waals surface area contributed by atoms with Crippen molar-refractivity contribution in [2.75, 3.05) is 0 Å². The first-order valence-corrected chi connectivity index (χ1v) is 3.97. The number of pyridine rings is 1. The standard InChI is InChI=1S/C9H9NO4/c1-2-5-3-6(8(11)12)7(9(13)14)10-4-5/h3-4H,2H2,1H3,(H,11,12)(H,13,14)/p-2. The van der Waals surface area contributed by atoms with Crippen LogP contribution in [0, 0.1) is 0 Å². The average molecular weight is 193 g/mol. The van der Waals surface area contributed by atoms with Crippen molar-refractivity contribution in [1.82, 2.24) is 4.98 Å². The molecule has 0 aromatic carbocycles. The molecule has 0 amide bonds. The fourth-order valence-electron chi connectivity index (χ4n) is 1.02. The molecule has 0 saturated heterocycles. The lowest BCUT2D eigenvalue weighted by atomic mass is 10.1. The SMILES string of the molecule is CCc1cnc(C(=O)[O-])c(C(=O)[O-])c1. The van der Waals surface area contributed by atoms with Crippen LogP contribution in [0.25, 0.3) is 0 Å². The van der Waals surface area contributed by atoms with Gasteiger partial charge < -0.3 is 19.8 Å². The van der Waals surface area contributed by atoms with Crippen molar-refractivity contribution in [3.05, 3.63) is 29.1 Å². The highest BCUT2D eigenvalue weighted by Gasteiger charge is 2.06. The van der Waals surface area contributed by atoms with Gasteiger partial charge in [0.15, 0.2) is 0 Å². The average Bonchev–Trinajstić information content (AvgIpc) is 2.16. The van der Waals surface area contributed by atoms with Gasteiger partial charge in [-0.05, 0) is 18.1 Å². The van der Waals surface area contributed by atoms with Crippen molar-refractivity contribution >= 4 is 11.9 Å². The molecule has 0 bridgehead atoms. The van der Waals surface area contributed by atoms with E-state index >= 15 is 0 Å². The van der Waals surface area contributed by atoms with Gasteiger partial charge >= 0.3 is 0 Å². The summed E-state index contributed by atoms with van der Waals surface area (Å²) < 4.78 is 0. The summed E-state index contributed by atoms with van der Waals surface area (Å²) in [6.07, 6.45) is 1.87. The van der Waals surface area contributed by atoms with Gasteiger partial charge in [0.2, 0.25) is 0 Å². The summed E-state index contributed by atoms with van der Waals surface area (Å²) >= 11 is 0. The van der Waals surface area contributed by atoms with E-state index in [2.05, 4.69) is 4.98 Å². The first kappa shape index (κ1) is 10.2. The van der Waals surface area contributed by atoms with Crippen molar-refractivity contribution < 1.29 is 19.8 Å². The molecule has 1 rings (SSSR count). The lowest BCUT2D eigenvalue weighted by molar-refractivity contribution is -0.260. The number of aromatic nitrogens is 1. The van der Waals surface area contributed by atoms with Crippen LogP contribution in [0.5, 0.6) is 0 Å². The molecule has 0 aliphatic rings. The van der Waals surface area contributed by atoms with Gasteiger partial charge in [-0.25, -0.2) is 0 Å². The first-order chi connectivity index (χ1) is 6.56. The quantitative estimate of drug-likeness (QED) is 0.574. The van der Waals surface area contributed by atoms with Crippen LogP contribution in [0.3, 0.4) is 0 Å². The van der Waals surface area contributed by atoms with Crippen molar-refractivity contribution in [2.24, 2.45) is 0 Å². The Morgan fingerprint density at radius 1 is 1.36 bits per heavy atom. The molecular formula is C9H7NO4-2. The van der Waals surface area contributed by atoms with Crippen LogP contribution in [0.1, 0.15) is 33.3 Å². The number of aromatic carboxylic acids is 2. The molecular weight excluding hydrogens is 186 g/mol. The molecule has 0 N–H and O–H groups in total. The Kier molecular flexibility index (Phi) is 2.81. The molecule has 0 fully saturated rings. The van der Waals surface area contributed by atoms with Gasteiger partial charge in [0.05, 0.1) is 17.6 Å². The minimum Gasteiger partial charge on any atom is -0.545 e. The van der Waals surface area contributed by atoms with E-state index in [4.69, 9.17) is 0 Å². The number of aryl methyl sites for hydroxylation is 1. The minimum absolute atomic E-state index is 0.440. The van der Waals surface area contributed by atoms with Gasteiger partial charge in [-0.2, -0.15) is 0 Å². The van der Waals surface area contributed by atoms with E-state index in [9.17, 15) is 19.8 Å². The van der Waals surface area contributed by atoms with E-state index in [1.165, 1.54) is 12.3 Å². The van der Waals surface area contributed by atoms with Crippen molar-refractivity contribution in [1.29, 1.82) is 0 Å². The van der Waals surface area contributed by atoms with E-state index in [-0.39, 0.29) is 0 Å². The fourth-order valence-corrected chi connectivity index (χ4v) is 1.02. The Hall–Kier alpha value is -1.91. The second-order valence-corrected chi connectivity index (χ2v) is 2.67. The number of carboxylic acids is 2. The maximum Gasteiger partial charge on any atom is 0.0947 e. The summed E-state index contributed by atoms with van der Waals surface area (Å²) in [5.74, 6) is -3.18. The summed E-state index contributed by atoms with van der Waals surface area (Å²) in [4.78, 5) is 24.5. The third-order valence-electron chi connectivity index (χ3n) is 1.77. The molecule has 0 spiro atoms. The highest BCUT2D eigenvalue weighted by Crippen LogP contribution is 2.08. The smallest absolute Gasteiger partial charge is 0.0947 e. The van der Waals surface area contributed by atoms with E-state index < -0.39 is 23.2 Å².